The Hall–Kier alpha value is -5.70. The van der Waals surface area contributed by atoms with E-state index in [9.17, 15) is 0 Å². The van der Waals surface area contributed by atoms with Gasteiger partial charge < -0.3 is 13.3 Å². The summed E-state index contributed by atoms with van der Waals surface area (Å²) in [5.41, 5.74) is 7.71. The molecule has 0 spiro atoms. The van der Waals surface area contributed by atoms with Crippen molar-refractivity contribution in [3.63, 3.8) is 0 Å². The van der Waals surface area contributed by atoms with E-state index in [0.717, 1.165) is 33.4 Å². The summed E-state index contributed by atoms with van der Waals surface area (Å²) in [6.45, 7) is 6.05. The number of benzene rings is 4. The average Bonchev–Trinajstić information content (AvgIpc) is 3.78. The van der Waals surface area contributed by atoms with Gasteiger partial charge in [-0.3, -0.25) is 0 Å². The fraction of sp³-hybridized carbons (Fsp3) is 0.0909. The highest BCUT2D eigenvalue weighted by Crippen LogP contribution is 2.34. The van der Waals surface area contributed by atoms with Crippen LogP contribution in [-0.4, -0.2) is 30.6 Å². The Morgan fingerprint density at radius 3 is 0.857 bits per heavy atom. The number of aryl methyl sites for hydroxylation is 3. The van der Waals surface area contributed by atoms with Gasteiger partial charge in [0.15, 0.2) is 0 Å². The second-order valence-corrected chi connectivity index (χ2v) is 10.1. The minimum Gasteiger partial charge on any atom is -0.416 e. The second-order valence-electron chi connectivity index (χ2n) is 10.1. The highest BCUT2D eigenvalue weighted by Gasteiger charge is 2.19. The third-order valence-electron chi connectivity index (χ3n) is 6.74. The molecule has 204 valence electrons. The molecule has 3 heterocycles. The molecule has 0 aliphatic rings. The molecule has 0 bridgehead atoms. The Morgan fingerprint density at radius 1 is 0.333 bits per heavy atom. The van der Waals surface area contributed by atoms with E-state index >= 15 is 0 Å². The van der Waals surface area contributed by atoms with Gasteiger partial charge >= 0.3 is 0 Å². The molecular weight excluding hydrogens is 528 g/mol. The molecule has 7 aromatic rings. The van der Waals surface area contributed by atoms with E-state index in [2.05, 4.69) is 30.6 Å². The van der Waals surface area contributed by atoms with Crippen molar-refractivity contribution >= 4 is 0 Å². The Kier molecular flexibility index (Phi) is 6.24. The summed E-state index contributed by atoms with van der Waals surface area (Å²) in [6.07, 6.45) is 0. The van der Waals surface area contributed by atoms with Gasteiger partial charge in [-0.1, -0.05) is 53.1 Å². The highest BCUT2D eigenvalue weighted by atomic mass is 16.4. The van der Waals surface area contributed by atoms with Crippen LogP contribution in [0.5, 0.6) is 0 Å². The summed E-state index contributed by atoms with van der Waals surface area (Å²) in [6, 6.07) is 29.3. The van der Waals surface area contributed by atoms with Gasteiger partial charge in [-0.05, 0) is 75.4 Å². The summed E-state index contributed by atoms with van der Waals surface area (Å²) >= 11 is 0. The molecule has 0 saturated carbocycles. The van der Waals surface area contributed by atoms with Crippen LogP contribution in [0.2, 0.25) is 0 Å². The van der Waals surface area contributed by atoms with E-state index in [1.165, 1.54) is 0 Å². The molecule has 42 heavy (non-hydrogen) atoms. The number of nitrogens with zero attached hydrogens (tertiary/aromatic N) is 6. The predicted octanol–water partition coefficient (Wildman–Crippen LogP) is 7.76. The first-order chi connectivity index (χ1) is 20.5. The number of hydrogen-bond acceptors (Lipinski definition) is 9. The van der Waals surface area contributed by atoms with Crippen molar-refractivity contribution < 1.29 is 13.3 Å². The normalized spacial score (nSPS) is 11.2. The van der Waals surface area contributed by atoms with Gasteiger partial charge in [0.1, 0.15) is 0 Å². The van der Waals surface area contributed by atoms with Gasteiger partial charge in [-0.2, -0.15) is 0 Å². The minimum atomic E-state index is 0.325. The number of aromatic nitrogens is 6. The van der Waals surface area contributed by atoms with Crippen molar-refractivity contribution in [3.05, 3.63) is 108 Å². The van der Waals surface area contributed by atoms with E-state index in [4.69, 9.17) is 13.3 Å². The van der Waals surface area contributed by atoms with Crippen molar-refractivity contribution in [3.8, 4) is 68.7 Å². The number of hydrogen-bond donors (Lipinski definition) is 0. The minimum absolute atomic E-state index is 0.325. The van der Waals surface area contributed by atoms with Crippen molar-refractivity contribution in [2.24, 2.45) is 0 Å². The Bertz CT molecular complexity index is 1810. The van der Waals surface area contributed by atoms with E-state index in [1.54, 1.807) is 0 Å². The molecule has 0 radical (unpaired) electrons. The molecule has 0 atom stereocenters. The van der Waals surface area contributed by atoms with E-state index in [1.807, 2.05) is 112 Å². The van der Waals surface area contributed by atoms with Crippen LogP contribution >= 0.6 is 0 Å². The quantitative estimate of drug-likeness (QED) is 0.204. The lowest BCUT2D eigenvalue weighted by Crippen LogP contribution is -1.87. The van der Waals surface area contributed by atoms with E-state index in [-0.39, 0.29) is 0 Å². The monoisotopic (exact) mass is 552 g/mol. The van der Waals surface area contributed by atoms with Gasteiger partial charge in [-0.15, -0.1) is 30.6 Å². The lowest BCUT2D eigenvalue weighted by atomic mass is 10.1. The van der Waals surface area contributed by atoms with Crippen LogP contribution in [0.3, 0.4) is 0 Å². The molecule has 7 rings (SSSR count). The fourth-order valence-electron chi connectivity index (χ4n) is 4.70. The zero-order chi connectivity index (χ0) is 28.6. The van der Waals surface area contributed by atoms with E-state index in [0.29, 0.717) is 52.0 Å². The molecule has 9 nitrogen and oxygen atoms in total. The van der Waals surface area contributed by atoms with Crippen LogP contribution in [0.1, 0.15) is 16.7 Å². The van der Waals surface area contributed by atoms with Gasteiger partial charge in [-0.25, -0.2) is 0 Å². The molecule has 0 aliphatic heterocycles. The smallest absolute Gasteiger partial charge is 0.248 e. The Morgan fingerprint density at radius 2 is 0.595 bits per heavy atom. The first-order valence-corrected chi connectivity index (χ1v) is 13.4. The average molecular weight is 553 g/mol. The molecule has 0 unspecified atom stereocenters. The topological polar surface area (TPSA) is 117 Å². The molecule has 9 heteroatoms. The Balaban J connectivity index is 1.32. The molecule has 0 fully saturated rings. The van der Waals surface area contributed by atoms with E-state index < -0.39 is 0 Å². The fourth-order valence-corrected chi connectivity index (χ4v) is 4.70. The van der Waals surface area contributed by atoms with Gasteiger partial charge in [0.2, 0.25) is 35.3 Å². The summed E-state index contributed by atoms with van der Waals surface area (Å²) in [5.74, 6) is 2.23. The van der Waals surface area contributed by atoms with Gasteiger partial charge in [0.25, 0.3) is 0 Å². The predicted molar refractivity (Wildman–Crippen MR) is 157 cm³/mol. The van der Waals surface area contributed by atoms with Crippen LogP contribution in [-0.2, 0) is 0 Å². The lowest BCUT2D eigenvalue weighted by Gasteiger charge is -2.03. The maximum absolute atomic E-state index is 6.11. The number of rotatable bonds is 6. The summed E-state index contributed by atoms with van der Waals surface area (Å²) < 4.78 is 18.3. The molecule has 0 amide bonds. The van der Waals surface area contributed by atoms with Crippen LogP contribution in [0, 0.1) is 20.8 Å². The largest absolute Gasteiger partial charge is 0.416 e. The maximum Gasteiger partial charge on any atom is 0.248 e. The van der Waals surface area contributed by atoms with Gasteiger partial charge in [0, 0.05) is 33.4 Å². The molecule has 4 aromatic carbocycles. The zero-order valence-corrected chi connectivity index (χ0v) is 23.1. The van der Waals surface area contributed by atoms with Crippen molar-refractivity contribution in [1.29, 1.82) is 0 Å². The second kappa shape index (κ2) is 10.4. The first-order valence-electron chi connectivity index (χ1n) is 13.4. The Labute approximate surface area is 240 Å². The van der Waals surface area contributed by atoms with Crippen molar-refractivity contribution in [2.45, 2.75) is 20.8 Å². The third kappa shape index (κ3) is 4.99. The molecule has 0 saturated heterocycles. The standard InChI is InChI=1S/C33H24N6O3/c1-19-7-4-10-22(13-19)28-34-37-31(40-28)25-16-26(32-38-35-29(41-32)23-11-5-8-20(2)14-23)18-27(17-25)33-39-36-30(42-33)24-12-6-9-21(3)15-24/h4-18H,1-3H3. The van der Waals surface area contributed by atoms with Crippen LogP contribution in [0.25, 0.3) is 68.7 Å². The third-order valence-corrected chi connectivity index (χ3v) is 6.74. The summed E-state index contributed by atoms with van der Waals surface area (Å²) in [5, 5.41) is 25.9. The van der Waals surface area contributed by atoms with Crippen LogP contribution in [0.15, 0.2) is 104 Å². The first kappa shape index (κ1) is 25.3. The summed E-state index contributed by atoms with van der Waals surface area (Å²) in [4.78, 5) is 0. The molecule has 0 aliphatic carbocycles. The van der Waals surface area contributed by atoms with Crippen LogP contribution in [0.4, 0.5) is 0 Å². The maximum atomic E-state index is 6.11. The molecular formula is C33H24N6O3. The molecule has 0 N–H and O–H groups in total. The molecule has 3 aromatic heterocycles. The van der Waals surface area contributed by atoms with Crippen molar-refractivity contribution in [2.75, 3.05) is 0 Å². The van der Waals surface area contributed by atoms with Crippen LogP contribution < -0.4 is 0 Å². The highest BCUT2D eigenvalue weighted by molar-refractivity contribution is 5.74. The zero-order valence-electron chi connectivity index (χ0n) is 23.1. The van der Waals surface area contributed by atoms with Gasteiger partial charge in [0.05, 0.1) is 0 Å². The SMILES string of the molecule is Cc1cccc(-c2nnc(-c3cc(-c4nnc(-c5cccc(C)c5)o4)cc(-c4nnc(-c5cccc(C)c5)o4)c3)o2)c1. The van der Waals surface area contributed by atoms with Crippen molar-refractivity contribution in [1.82, 2.24) is 30.6 Å². The lowest BCUT2D eigenvalue weighted by molar-refractivity contribution is 0.580. The summed E-state index contributed by atoms with van der Waals surface area (Å²) in [7, 11) is 0.